The number of hydrogen-bond acceptors (Lipinski definition) is 2. The van der Waals surface area contributed by atoms with Crippen LogP contribution in [0.4, 0.5) is 0 Å². The van der Waals surface area contributed by atoms with Gasteiger partial charge in [0, 0.05) is 18.9 Å². The van der Waals surface area contributed by atoms with Gasteiger partial charge in [0.2, 0.25) is 0 Å². The summed E-state index contributed by atoms with van der Waals surface area (Å²) in [5, 5.41) is 0. The Kier molecular flexibility index (Phi) is 5.64. The SMILES string of the molecule is C=C(C)CCC(=O)CCC(N)c1ccccc1. The van der Waals surface area contributed by atoms with Crippen molar-refractivity contribution >= 4 is 5.78 Å². The molecule has 0 spiro atoms. The number of allylic oxidation sites excluding steroid dienone is 1. The van der Waals surface area contributed by atoms with Crippen molar-refractivity contribution in [2.45, 2.75) is 38.6 Å². The monoisotopic (exact) mass is 231 g/mol. The van der Waals surface area contributed by atoms with Crippen LogP contribution in [0.2, 0.25) is 0 Å². The van der Waals surface area contributed by atoms with Crippen LogP contribution in [-0.4, -0.2) is 5.78 Å². The van der Waals surface area contributed by atoms with Crippen molar-refractivity contribution in [1.29, 1.82) is 0 Å². The number of carbonyl (C=O) groups excluding carboxylic acids is 1. The van der Waals surface area contributed by atoms with Gasteiger partial charge in [-0.3, -0.25) is 4.79 Å². The Bertz CT molecular complexity index is 370. The Morgan fingerprint density at radius 2 is 1.88 bits per heavy atom. The summed E-state index contributed by atoms with van der Waals surface area (Å²) in [7, 11) is 0. The van der Waals surface area contributed by atoms with Crippen molar-refractivity contribution in [3.05, 3.63) is 48.0 Å². The number of ketones is 1. The zero-order chi connectivity index (χ0) is 12.7. The van der Waals surface area contributed by atoms with Gasteiger partial charge < -0.3 is 5.73 Å². The molecule has 0 fully saturated rings. The zero-order valence-corrected chi connectivity index (χ0v) is 10.5. The first-order valence-corrected chi connectivity index (χ1v) is 6.06. The topological polar surface area (TPSA) is 43.1 Å². The normalized spacial score (nSPS) is 12.1. The maximum absolute atomic E-state index is 11.6. The van der Waals surface area contributed by atoms with Crippen molar-refractivity contribution in [2.75, 3.05) is 0 Å². The third-order valence-electron chi connectivity index (χ3n) is 2.79. The van der Waals surface area contributed by atoms with E-state index in [1.807, 2.05) is 37.3 Å². The fourth-order valence-electron chi connectivity index (χ4n) is 1.66. The van der Waals surface area contributed by atoms with E-state index in [9.17, 15) is 4.79 Å². The largest absolute Gasteiger partial charge is 0.324 e. The summed E-state index contributed by atoms with van der Waals surface area (Å²) in [6.45, 7) is 5.74. The van der Waals surface area contributed by atoms with E-state index in [0.717, 1.165) is 24.0 Å². The average Bonchev–Trinajstić information content (AvgIpc) is 2.34. The highest BCUT2D eigenvalue weighted by atomic mass is 16.1. The standard InChI is InChI=1S/C15H21NO/c1-12(2)8-9-14(17)10-11-15(16)13-6-4-3-5-7-13/h3-7,15H,1,8-11,16H2,2H3. The van der Waals surface area contributed by atoms with E-state index in [1.54, 1.807) is 0 Å². The molecule has 0 saturated heterocycles. The number of carbonyl (C=O) groups is 1. The van der Waals surface area contributed by atoms with Crippen LogP contribution in [0.1, 0.15) is 44.2 Å². The highest BCUT2D eigenvalue weighted by Crippen LogP contribution is 2.16. The second-order valence-corrected chi connectivity index (χ2v) is 4.55. The lowest BCUT2D eigenvalue weighted by molar-refractivity contribution is -0.119. The summed E-state index contributed by atoms with van der Waals surface area (Å²) in [5.41, 5.74) is 8.19. The Balaban J connectivity index is 2.31. The summed E-state index contributed by atoms with van der Waals surface area (Å²) in [6, 6.07) is 9.88. The molecule has 2 heteroatoms. The van der Waals surface area contributed by atoms with E-state index in [-0.39, 0.29) is 11.8 Å². The van der Waals surface area contributed by atoms with Gasteiger partial charge in [-0.25, -0.2) is 0 Å². The zero-order valence-electron chi connectivity index (χ0n) is 10.5. The first-order valence-electron chi connectivity index (χ1n) is 6.06. The van der Waals surface area contributed by atoms with E-state index in [1.165, 1.54) is 0 Å². The van der Waals surface area contributed by atoms with Gasteiger partial charge in [-0.2, -0.15) is 0 Å². The van der Waals surface area contributed by atoms with Gasteiger partial charge in [0.15, 0.2) is 0 Å². The van der Waals surface area contributed by atoms with Crippen LogP contribution in [0.5, 0.6) is 0 Å². The van der Waals surface area contributed by atoms with Gasteiger partial charge in [-0.15, -0.1) is 6.58 Å². The number of benzene rings is 1. The molecule has 17 heavy (non-hydrogen) atoms. The molecular formula is C15H21NO. The van der Waals surface area contributed by atoms with Gasteiger partial charge in [-0.1, -0.05) is 35.9 Å². The molecule has 0 aromatic heterocycles. The lowest BCUT2D eigenvalue weighted by atomic mass is 9.99. The predicted molar refractivity (Wildman–Crippen MR) is 71.7 cm³/mol. The molecule has 0 aliphatic heterocycles. The van der Waals surface area contributed by atoms with E-state index in [4.69, 9.17) is 5.73 Å². The van der Waals surface area contributed by atoms with Crippen LogP contribution in [0.3, 0.4) is 0 Å². The van der Waals surface area contributed by atoms with E-state index in [2.05, 4.69) is 6.58 Å². The molecule has 1 aromatic rings. The molecule has 0 aliphatic carbocycles. The highest BCUT2D eigenvalue weighted by Gasteiger charge is 2.08. The third kappa shape index (κ3) is 5.45. The molecule has 1 atom stereocenters. The minimum Gasteiger partial charge on any atom is -0.324 e. The van der Waals surface area contributed by atoms with Crippen LogP contribution < -0.4 is 5.73 Å². The molecule has 1 aromatic carbocycles. The Hall–Kier alpha value is -1.41. The highest BCUT2D eigenvalue weighted by molar-refractivity contribution is 5.78. The lowest BCUT2D eigenvalue weighted by Gasteiger charge is -2.11. The predicted octanol–water partition coefficient (Wildman–Crippen LogP) is 3.39. The fourth-order valence-corrected chi connectivity index (χ4v) is 1.66. The first-order chi connectivity index (χ1) is 8.09. The smallest absolute Gasteiger partial charge is 0.133 e. The Morgan fingerprint density at radius 1 is 1.24 bits per heavy atom. The Labute approximate surface area is 104 Å². The van der Waals surface area contributed by atoms with Crippen molar-refractivity contribution in [1.82, 2.24) is 0 Å². The summed E-state index contributed by atoms with van der Waals surface area (Å²) >= 11 is 0. The van der Waals surface area contributed by atoms with Gasteiger partial charge in [0.1, 0.15) is 5.78 Å². The first kappa shape index (κ1) is 13.7. The van der Waals surface area contributed by atoms with Crippen molar-refractivity contribution < 1.29 is 4.79 Å². The molecule has 1 rings (SSSR count). The maximum Gasteiger partial charge on any atom is 0.133 e. The van der Waals surface area contributed by atoms with Crippen LogP contribution in [0.15, 0.2) is 42.5 Å². The third-order valence-corrected chi connectivity index (χ3v) is 2.79. The molecule has 2 nitrogen and oxygen atoms in total. The van der Waals surface area contributed by atoms with Crippen LogP contribution in [0.25, 0.3) is 0 Å². The molecule has 0 bridgehead atoms. The fraction of sp³-hybridized carbons (Fsp3) is 0.400. The number of rotatable bonds is 7. The summed E-state index contributed by atoms with van der Waals surface area (Å²) in [5.74, 6) is 0.277. The summed E-state index contributed by atoms with van der Waals surface area (Å²) < 4.78 is 0. The lowest BCUT2D eigenvalue weighted by Crippen LogP contribution is -2.12. The van der Waals surface area contributed by atoms with E-state index in [0.29, 0.717) is 12.8 Å². The van der Waals surface area contributed by atoms with Crippen molar-refractivity contribution in [3.63, 3.8) is 0 Å². The van der Waals surface area contributed by atoms with E-state index >= 15 is 0 Å². The molecule has 1 unspecified atom stereocenters. The van der Waals surface area contributed by atoms with Gasteiger partial charge in [0.25, 0.3) is 0 Å². The quantitative estimate of drug-likeness (QED) is 0.731. The summed E-state index contributed by atoms with van der Waals surface area (Å²) in [6.07, 6.45) is 2.67. The number of nitrogens with two attached hydrogens (primary N) is 1. The van der Waals surface area contributed by atoms with Crippen molar-refractivity contribution in [2.24, 2.45) is 5.73 Å². The molecule has 0 radical (unpaired) electrons. The van der Waals surface area contributed by atoms with Gasteiger partial charge in [-0.05, 0) is 25.3 Å². The second-order valence-electron chi connectivity index (χ2n) is 4.55. The van der Waals surface area contributed by atoms with Crippen LogP contribution in [0, 0.1) is 0 Å². The van der Waals surface area contributed by atoms with Crippen molar-refractivity contribution in [3.8, 4) is 0 Å². The van der Waals surface area contributed by atoms with Gasteiger partial charge >= 0.3 is 0 Å². The number of hydrogen-bond donors (Lipinski definition) is 1. The Morgan fingerprint density at radius 3 is 2.47 bits per heavy atom. The molecule has 0 aliphatic rings. The second kappa shape index (κ2) is 7.02. The molecule has 0 amide bonds. The van der Waals surface area contributed by atoms with Gasteiger partial charge in [0.05, 0.1) is 0 Å². The minimum absolute atomic E-state index is 0.0371. The maximum atomic E-state index is 11.6. The minimum atomic E-state index is -0.0371. The molecule has 0 heterocycles. The molecule has 2 N–H and O–H groups in total. The van der Waals surface area contributed by atoms with Crippen LogP contribution in [-0.2, 0) is 4.79 Å². The molecule has 92 valence electrons. The molecular weight excluding hydrogens is 210 g/mol. The van der Waals surface area contributed by atoms with Crippen LogP contribution >= 0.6 is 0 Å². The number of Topliss-reactive ketones (excluding diaryl/α,β-unsaturated/α-hetero) is 1. The summed E-state index contributed by atoms with van der Waals surface area (Å²) in [4.78, 5) is 11.6. The average molecular weight is 231 g/mol. The molecule has 0 saturated carbocycles. The van der Waals surface area contributed by atoms with E-state index < -0.39 is 0 Å².